The second-order valence-corrected chi connectivity index (χ2v) is 3.71. The first-order chi connectivity index (χ1) is 7.90. The Hall–Kier alpha value is -1.14. The van der Waals surface area contributed by atoms with E-state index in [2.05, 4.69) is 0 Å². The number of carboxylic acids is 2. The van der Waals surface area contributed by atoms with Crippen LogP contribution in [0.3, 0.4) is 0 Å². The number of hydrogen-bond acceptors (Lipinski definition) is 4. The standard InChI is InChI=1S/C7H12O4.C4H10O2/c8-6(9)4-2-1-3-5-7(10)11;1-4(6)2-3-5/h1-5H2,(H,8,9)(H,10,11);4-6H,2-3H2,1H3. The predicted molar refractivity (Wildman–Crippen MR) is 61.7 cm³/mol. The molecule has 6 nitrogen and oxygen atoms in total. The molecule has 0 heterocycles. The van der Waals surface area contributed by atoms with E-state index in [1.54, 1.807) is 6.92 Å². The summed E-state index contributed by atoms with van der Waals surface area (Å²) in [6, 6.07) is 0. The van der Waals surface area contributed by atoms with Gasteiger partial charge in [0.25, 0.3) is 0 Å². The van der Waals surface area contributed by atoms with E-state index < -0.39 is 11.9 Å². The Bertz CT molecular complexity index is 186. The Kier molecular flexibility index (Phi) is 13.9. The van der Waals surface area contributed by atoms with Gasteiger partial charge in [-0.3, -0.25) is 9.59 Å². The number of unbranched alkanes of at least 4 members (excludes halogenated alkanes) is 2. The summed E-state index contributed by atoms with van der Waals surface area (Å²) in [5, 5.41) is 32.9. The lowest BCUT2D eigenvalue weighted by atomic mass is 10.1. The van der Waals surface area contributed by atoms with Crippen LogP contribution in [0.2, 0.25) is 0 Å². The highest BCUT2D eigenvalue weighted by Crippen LogP contribution is 2.02. The SMILES string of the molecule is CC(O)CCO.O=C(O)CCCCCC(=O)O. The van der Waals surface area contributed by atoms with Gasteiger partial charge in [-0.1, -0.05) is 6.42 Å². The Balaban J connectivity index is 0. The van der Waals surface area contributed by atoms with E-state index in [1.165, 1.54) is 0 Å². The van der Waals surface area contributed by atoms with E-state index in [9.17, 15) is 9.59 Å². The molecule has 0 fully saturated rings. The molecule has 0 saturated carbocycles. The zero-order valence-corrected chi connectivity index (χ0v) is 10.1. The van der Waals surface area contributed by atoms with E-state index in [-0.39, 0.29) is 25.6 Å². The quantitative estimate of drug-likeness (QED) is 0.475. The maximum Gasteiger partial charge on any atom is 0.303 e. The van der Waals surface area contributed by atoms with Gasteiger partial charge in [-0.25, -0.2) is 0 Å². The molecule has 1 unspecified atom stereocenters. The molecular weight excluding hydrogens is 228 g/mol. The molecule has 0 saturated heterocycles. The molecule has 0 aliphatic heterocycles. The van der Waals surface area contributed by atoms with Gasteiger partial charge < -0.3 is 20.4 Å². The first-order valence-corrected chi connectivity index (χ1v) is 5.62. The summed E-state index contributed by atoms with van der Waals surface area (Å²) in [5.74, 6) is -1.64. The van der Waals surface area contributed by atoms with Gasteiger partial charge in [-0.05, 0) is 26.2 Å². The van der Waals surface area contributed by atoms with Crippen molar-refractivity contribution in [2.75, 3.05) is 6.61 Å². The third-order valence-corrected chi connectivity index (χ3v) is 1.83. The highest BCUT2D eigenvalue weighted by molar-refractivity contribution is 5.67. The van der Waals surface area contributed by atoms with Crippen molar-refractivity contribution in [3.8, 4) is 0 Å². The van der Waals surface area contributed by atoms with Crippen LogP contribution < -0.4 is 0 Å². The van der Waals surface area contributed by atoms with Crippen molar-refractivity contribution in [3.63, 3.8) is 0 Å². The average Bonchev–Trinajstić information content (AvgIpc) is 2.16. The van der Waals surface area contributed by atoms with Crippen LogP contribution in [0, 0.1) is 0 Å². The number of hydrogen-bond donors (Lipinski definition) is 4. The van der Waals surface area contributed by atoms with Gasteiger partial charge in [-0.2, -0.15) is 0 Å². The molecule has 0 aliphatic carbocycles. The van der Waals surface area contributed by atoms with Crippen molar-refractivity contribution in [2.24, 2.45) is 0 Å². The van der Waals surface area contributed by atoms with Gasteiger partial charge in [0, 0.05) is 19.4 Å². The van der Waals surface area contributed by atoms with Crippen molar-refractivity contribution in [1.82, 2.24) is 0 Å². The van der Waals surface area contributed by atoms with Crippen LogP contribution in [-0.2, 0) is 9.59 Å². The minimum atomic E-state index is -0.819. The van der Waals surface area contributed by atoms with E-state index in [0.717, 1.165) is 0 Å². The second-order valence-electron chi connectivity index (χ2n) is 3.71. The monoisotopic (exact) mass is 250 g/mol. The fourth-order valence-corrected chi connectivity index (χ4v) is 0.916. The van der Waals surface area contributed by atoms with Crippen molar-refractivity contribution in [3.05, 3.63) is 0 Å². The maximum atomic E-state index is 9.98. The fraction of sp³-hybridized carbons (Fsp3) is 0.818. The molecule has 1 atom stereocenters. The van der Waals surface area contributed by atoms with Crippen LogP contribution in [-0.4, -0.2) is 45.1 Å². The topological polar surface area (TPSA) is 115 Å². The van der Waals surface area contributed by atoms with Crippen molar-refractivity contribution >= 4 is 11.9 Å². The van der Waals surface area contributed by atoms with Gasteiger partial charge in [0.2, 0.25) is 0 Å². The third kappa shape index (κ3) is 25.3. The normalized spacial score (nSPS) is 11.2. The third-order valence-electron chi connectivity index (χ3n) is 1.83. The van der Waals surface area contributed by atoms with Gasteiger partial charge >= 0.3 is 11.9 Å². The Morgan fingerprint density at radius 1 is 1.00 bits per heavy atom. The predicted octanol–water partition coefficient (Wildman–Crippen LogP) is 0.856. The number of aliphatic hydroxyl groups excluding tert-OH is 2. The number of rotatable bonds is 8. The molecule has 102 valence electrons. The minimum absolute atomic E-state index is 0.0810. The lowest BCUT2D eigenvalue weighted by molar-refractivity contribution is -0.137. The largest absolute Gasteiger partial charge is 0.481 e. The molecular formula is C11H22O6. The fourth-order valence-electron chi connectivity index (χ4n) is 0.916. The van der Waals surface area contributed by atoms with Crippen LogP contribution in [0.4, 0.5) is 0 Å². The molecule has 0 bridgehead atoms. The molecule has 4 N–H and O–H groups in total. The van der Waals surface area contributed by atoms with Gasteiger partial charge in [0.1, 0.15) is 0 Å². The van der Waals surface area contributed by atoms with E-state index >= 15 is 0 Å². The molecule has 0 radical (unpaired) electrons. The lowest BCUT2D eigenvalue weighted by Gasteiger charge is -1.95. The van der Waals surface area contributed by atoms with Crippen LogP contribution in [0.25, 0.3) is 0 Å². The Morgan fingerprint density at radius 2 is 1.41 bits per heavy atom. The minimum Gasteiger partial charge on any atom is -0.481 e. The van der Waals surface area contributed by atoms with Crippen LogP contribution >= 0.6 is 0 Å². The molecule has 0 aromatic heterocycles. The highest BCUT2D eigenvalue weighted by Gasteiger charge is 1.98. The van der Waals surface area contributed by atoms with Gasteiger partial charge in [0.15, 0.2) is 0 Å². The maximum absolute atomic E-state index is 9.98. The summed E-state index contributed by atoms with van der Waals surface area (Å²) in [5.41, 5.74) is 0. The summed E-state index contributed by atoms with van der Waals surface area (Å²) in [7, 11) is 0. The average molecular weight is 250 g/mol. The molecule has 0 aromatic rings. The number of carboxylic acid groups (broad SMARTS) is 2. The van der Waals surface area contributed by atoms with Crippen molar-refractivity contribution < 1.29 is 30.0 Å². The molecule has 17 heavy (non-hydrogen) atoms. The first-order valence-electron chi connectivity index (χ1n) is 5.62. The molecule has 0 spiro atoms. The number of aliphatic hydroxyl groups is 2. The summed E-state index contributed by atoms with van der Waals surface area (Å²) >= 11 is 0. The lowest BCUT2D eigenvalue weighted by Crippen LogP contribution is -2.00. The van der Waals surface area contributed by atoms with E-state index in [0.29, 0.717) is 25.7 Å². The van der Waals surface area contributed by atoms with Crippen LogP contribution in [0.1, 0.15) is 45.4 Å². The first kappa shape index (κ1) is 18.2. The Labute approximate surface area is 101 Å². The van der Waals surface area contributed by atoms with E-state index in [4.69, 9.17) is 20.4 Å². The van der Waals surface area contributed by atoms with Crippen molar-refractivity contribution in [2.45, 2.75) is 51.6 Å². The van der Waals surface area contributed by atoms with Gasteiger partial charge in [-0.15, -0.1) is 0 Å². The molecule has 6 heteroatoms. The zero-order valence-electron chi connectivity index (χ0n) is 10.1. The summed E-state index contributed by atoms with van der Waals surface area (Å²) in [6.45, 7) is 1.73. The highest BCUT2D eigenvalue weighted by atomic mass is 16.4. The summed E-state index contributed by atoms with van der Waals surface area (Å²) in [6.07, 6.45) is 2.23. The van der Waals surface area contributed by atoms with Crippen molar-refractivity contribution in [1.29, 1.82) is 0 Å². The smallest absolute Gasteiger partial charge is 0.303 e. The van der Waals surface area contributed by atoms with Crippen LogP contribution in [0.15, 0.2) is 0 Å². The number of carbonyl (C=O) groups is 2. The zero-order chi connectivity index (χ0) is 13.7. The summed E-state index contributed by atoms with van der Waals surface area (Å²) < 4.78 is 0. The summed E-state index contributed by atoms with van der Waals surface area (Å²) in [4.78, 5) is 20.0. The van der Waals surface area contributed by atoms with Gasteiger partial charge in [0.05, 0.1) is 6.10 Å². The molecule has 0 aromatic carbocycles. The van der Waals surface area contributed by atoms with E-state index in [1.807, 2.05) is 0 Å². The molecule has 0 amide bonds. The molecule has 0 aliphatic rings. The van der Waals surface area contributed by atoms with Crippen LogP contribution in [0.5, 0.6) is 0 Å². The molecule has 0 rings (SSSR count). The second kappa shape index (κ2) is 12.9. The number of aliphatic carboxylic acids is 2. The Morgan fingerprint density at radius 3 is 1.59 bits per heavy atom.